The third-order valence-electron chi connectivity index (χ3n) is 11.9. The molecule has 0 bridgehead atoms. The molecule has 0 aromatic rings. The minimum absolute atomic E-state index is 0.0912. The number of carbonyl (C=O) groups excluding carboxylic acids is 3. The third kappa shape index (κ3) is 65.9. The van der Waals surface area contributed by atoms with Gasteiger partial charge in [0.2, 0.25) is 0 Å². The molecule has 0 aliphatic heterocycles. The summed E-state index contributed by atoms with van der Waals surface area (Å²) in [5.74, 6) is -1.22. The summed E-state index contributed by atoms with van der Waals surface area (Å²) in [6.45, 7) is 6.09. The van der Waals surface area contributed by atoms with Gasteiger partial charge in [0.15, 0.2) is 6.10 Å². The van der Waals surface area contributed by atoms with Crippen LogP contribution in [0.25, 0.3) is 0 Å². The van der Waals surface area contributed by atoms with Gasteiger partial charge in [-0.2, -0.15) is 0 Å². The molecule has 454 valence electrons. The summed E-state index contributed by atoms with van der Waals surface area (Å²) in [5.41, 5.74) is 0. The lowest BCUT2D eigenvalue weighted by atomic mass is 10.2. The van der Waals surface area contributed by atoms with Gasteiger partial charge in [0.25, 0.3) is 0 Å². The molecule has 0 heterocycles. The molecular weight excluding hydrogens is 1020 g/mol. The van der Waals surface area contributed by atoms with Gasteiger partial charge < -0.3 is 14.2 Å². The van der Waals surface area contributed by atoms with Gasteiger partial charge in [-0.15, -0.1) is 0 Å². The topological polar surface area (TPSA) is 78.9 Å². The normalized spacial score (nSPS) is 13.8. The van der Waals surface area contributed by atoms with Crippen molar-refractivity contribution in [3.63, 3.8) is 0 Å². The molecule has 6 nitrogen and oxygen atoms in total. The Kier molecular flexibility index (Phi) is 62.2. The van der Waals surface area contributed by atoms with E-state index in [0.717, 1.165) is 141 Å². The molecule has 1 atom stereocenters. The van der Waals surface area contributed by atoms with Crippen molar-refractivity contribution in [2.24, 2.45) is 0 Å². The monoisotopic (exact) mass is 1130 g/mol. The molecule has 0 aromatic heterocycles. The van der Waals surface area contributed by atoms with Crippen LogP contribution in [0.3, 0.4) is 0 Å². The van der Waals surface area contributed by atoms with Gasteiger partial charge >= 0.3 is 17.9 Å². The first-order valence-electron chi connectivity index (χ1n) is 31.5. The average Bonchev–Trinajstić information content (AvgIpc) is 3.49. The van der Waals surface area contributed by atoms with Gasteiger partial charge in [0.05, 0.1) is 6.42 Å². The highest BCUT2D eigenvalue weighted by Crippen LogP contribution is 2.09. The van der Waals surface area contributed by atoms with Crippen LogP contribution in [-0.4, -0.2) is 37.2 Å². The van der Waals surface area contributed by atoms with E-state index in [1.807, 2.05) is 6.08 Å². The van der Waals surface area contributed by atoms with Crippen LogP contribution < -0.4 is 0 Å². The van der Waals surface area contributed by atoms with E-state index in [9.17, 15) is 14.4 Å². The highest BCUT2D eigenvalue weighted by molar-refractivity contribution is 5.72. The van der Waals surface area contributed by atoms with Crippen molar-refractivity contribution in [3.8, 4) is 0 Å². The molecule has 83 heavy (non-hydrogen) atoms. The summed E-state index contributed by atoms with van der Waals surface area (Å²) in [4.78, 5) is 38.2. The lowest BCUT2D eigenvalue weighted by Gasteiger charge is -2.18. The van der Waals surface area contributed by atoms with Crippen LogP contribution >= 0.6 is 0 Å². The Morgan fingerprint density at radius 2 is 0.482 bits per heavy atom. The van der Waals surface area contributed by atoms with Gasteiger partial charge in [0.1, 0.15) is 13.2 Å². The predicted molar refractivity (Wildman–Crippen MR) is 361 cm³/mol. The molecule has 0 saturated carbocycles. The highest BCUT2D eigenvalue weighted by atomic mass is 16.6. The molecule has 0 aliphatic rings. The standard InChI is InChI=1S/C77H110O6/c1-4-7-10-13-16-19-22-25-28-30-32-34-36-37-38-39-41-42-44-46-49-52-55-58-61-64-67-70-76(79)82-73-74(72-81-75(78)69-66-63-60-57-54-51-48-27-24-21-18-15-12-9-6-3)83-77(80)71-68-65-62-59-56-53-50-47-45-43-40-35-33-31-29-26-23-20-17-14-11-8-5-2/h7-12,16-21,25-29,32-35,37-38,41-43,45-46,48-50,53-55,57-59,62-63,66,74H,4-6,13-15,22-24,30-31,36,39-40,44,47,51-52,56,60-61,64-65,67-73H2,1-3H3/b10-7-,11-8-,12-9-,19-16-,20-17-,21-18-,28-25-,29-26-,34-32-,35-33-,38-37-,42-41-,45-43-,48-27-,49-46-,53-50-,57-54-,58-55-,62-59-,66-63-. The molecule has 0 aliphatic carbocycles. The van der Waals surface area contributed by atoms with Crippen molar-refractivity contribution >= 4 is 17.9 Å². The van der Waals surface area contributed by atoms with E-state index in [1.54, 1.807) is 6.08 Å². The minimum Gasteiger partial charge on any atom is -0.462 e. The number of ether oxygens (including phenoxy) is 3. The van der Waals surface area contributed by atoms with Crippen molar-refractivity contribution < 1.29 is 28.6 Å². The number of hydrogen-bond donors (Lipinski definition) is 0. The molecule has 0 amide bonds. The molecule has 0 saturated heterocycles. The van der Waals surface area contributed by atoms with Gasteiger partial charge in [0, 0.05) is 12.8 Å². The molecule has 6 heteroatoms. The summed E-state index contributed by atoms with van der Waals surface area (Å²) in [5, 5.41) is 0. The lowest BCUT2D eigenvalue weighted by molar-refractivity contribution is -0.166. The van der Waals surface area contributed by atoms with Crippen molar-refractivity contribution in [1.29, 1.82) is 0 Å². The van der Waals surface area contributed by atoms with Crippen LogP contribution in [0, 0.1) is 0 Å². The fourth-order valence-corrected chi connectivity index (χ4v) is 7.28. The maximum atomic E-state index is 12.9. The molecule has 0 spiro atoms. The molecule has 0 fully saturated rings. The van der Waals surface area contributed by atoms with Crippen molar-refractivity contribution in [2.75, 3.05) is 13.2 Å². The maximum Gasteiger partial charge on any atom is 0.309 e. The SMILES string of the molecule is CC/C=C\C/C=C\C/C=C\C/C=C\C/C=C\C/C=C\C/C=C\C/C=C\CCCCC(=O)OCC(COC(=O)C/C=C\C/C=C\C/C=C\C/C=C\C/C=C\CC)OC(=O)CCC/C=C\C/C=C\C/C=C\C/C=C\C/C=C\C/C=C\C/C=C\CC. The second kappa shape index (κ2) is 67.7. The summed E-state index contributed by atoms with van der Waals surface area (Å²) in [7, 11) is 0. The predicted octanol–water partition coefficient (Wildman–Crippen LogP) is 22.1. The third-order valence-corrected chi connectivity index (χ3v) is 11.9. The fourth-order valence-electron chi connectivity index (χ4n) is 7.28. The van der Waals surface area contributed by atoms with Crippen LogP contribution in [0.2, 0.25) is 0 Å². The van der Waals surface area contributed by atoms with Crippen molar-refractivity contribution in [1.82, 2.24) is 0 Å². The van der Waals surface area contributed by atoms with E-state index in [2.05, 4.69) is 252 Å². The summed E-state index contributed by atoms with van der Waals surface area (Å²) >= 11 is 0. The zero-order valence-corrected chi connectivity index (χ0v) is 51.8. The van der Waals surface area contributed by atoms with Crippen LogP contribution in [0.15, 0.2) is 243 Å². The van der Waals surface area contributed by atoms with Gasteiger partial charge in [-0.05, 0) is 161 Å². The smallest absolute Gasteiger partial charge is 0.309 e. The zero-order valence-electron chi connectivity index (χ0n) is 51.8. The average molecular weight is 1130 g/mol. The Morgan fingerprint density at radius 1 is 0.253 bits per heavy atom. The van der Waals surface area contributed by atoms with E-state index in [1.165, 1.54) is 0 Å². The van der Waals surface area contributed by atoms with Crippen molar-refractivity contribution in [3.05, 3.63) is 243 Å². The second-order valence-corrected chi connectivity index (χ2v) is 19.5. The van der Waals surface area contributed by atoms with Gasteiger partial charge in [-0.3, -0.25) is 14.4 Å². The number of hydrogen-bond acceptors (Lipinski definition) is 6. The number of rotatable bonds is 53. The number of carbonyl (C=O) groups is 3. The largest absolute Gasteiger partial charge is 0.462 e. The first-order chi connectivity index (χ1) is 41.0. The Labute approximate surface area is 507 Å². The van der Waals surface area contributed by atoms with Crippen LogP contribution in [0.5, 0.6) is 0 Å². The highest BCUT2D eigenvalue weighted by Gasteiger charge is 2.19. The van der Waals surface area contributed by atoms with E-state index in [4.69, 9.17) is 14.2 Å². The van der Waals surface area contributed by atoms with Gasteiger partial charge in [-0.25, -0.2) is 0 Å². The molecule has 0 aromatic carbocycles. The quantitative estimate of drug-likeness (QED) is 0.0261. The van der Waals surface area contributed by atoms with E-state index in [-0.39, 0.29) is 38.4 Å². The Bertz CT molecular complexity index is 2180. The van der Waals surface area contributed by atoms with Crippen LogP contribution in [-0.2, 0) is 28.6 Å². The van der Waals surface area contributed by atoms with Gasteiger partial charge in [-0.1, -0.05) is 264 Å². The minimum atomic E-state index is -0.886. The molecule has 0 radical (unpaired) electrons. The molecule has 0 N–H and O–H groups in total. The summed E-state index contributed by atoms with van der Waals surface area (Å²) in [6, 6.07) is 0. The van der Waals surface area contributed by atoms with Crippen molar-refractivity contribution in [2.45, 2.75) is 207 Å². The first-order valence-corrected chi connectivity index (χ1v) is 31.5. The molecule has 0 rings (SSSR count). The second-order valence-electron chi connectivity index (χ2n) is 19.5. The number of esters is 3. The van der Waals surface area contributed by atoms with E-state index >= 15 is 0 Å². The Morgan fingerprint density at radius 3 is 0.771 bits per heavy atom. The Balaban J connectivity index is 4.69. The fraction of sp³-hybridized carbons (Fsp3) is 0.442. The van der Waals surface area contributed by atoms with Crippen LogP contribution in [0.4, 0.5) is 0 Å². The first kappa shape index (κ1) is 76.2. The summed E-state index contributed by atoms with van der Waals surface area (Å²) in [6.07, 6.45) is 109. The van der Waals surface area contributed by atoms with Crippen LogP contribution in [0.1, 0.15) is 201 Å². The lowest BCUT2D eigenvalue weighted by Crippen LogP contribution is -2.30. The zero-order chi connectivity index (χ0) is 59.9. The maximum absolute atomic E-state index is 12.9. The molecular formula is C77H110O6. The number of allylic oxidation sites excluding steroid dienone is 39. The Hall–Kier alpha value is -6.79. The molecule has 1 unspecified atom stereocenters. The number of unbranched alkanes of at least 4 members (excludes halogenated alkanes) is 3. The van der Waals surface area contributed by atoms with E-state index < -0.39 is 18.0 Å². The van der Waals surface area contributed by atoms with E-state index in [0.29, 0.717) is 19.3 Å². The summed E-state index contributed by atoms with van der Waals surface area (Å²) < 4.78 is 16.7.